The first-order valence-electron chi connectivity index (χ1n) is 7.77. The van der Waals surface area contributed by atoms with E-state index >= 15 is 0 Å². The molecule has 2 fully saturated rings. The van der Waals surface area contributed by atoms with Crippen molar-refractivity contribution in [1.29, 1.82) is 0 Å². The molecular formula is C15H28N2O. The van der Waals surface area contributed by atoms with Crippen LogP contribution in [0.4, 0.5) is 0 Å². The molecule has 1 aliphatic carbocycles. The van der Waals surface area contributed by atoms with Gasteiger partial charge in [0.15, 0.2) is 0 Å². The molecule has 2 N–H and O–H groups in total. The van der Waals surface area contributed by atoms with E-state index in [1.54, 1.807) is 0 Å². The van der Waals surface area contributed by atoms with Crippen LogP contribution in [-0.4, -0.2) is 25.0 Å². The molecule has 0 spiro atoms. The van der Waals surface area contributed by atoms with Gasteiger partial charge < -0.3 is 10.6 Å². The van der Waals surface area contributed by atoms with Gasteiger partial charge in [-0.3, -0.25) is 4.79 Å². The van der Waals surface area contributed by atoms with Crippen molar-refractivity contribution in [3.63, 3.8) is 0 Å². The van der Waals surface area contributed by atoms with Crippen LogP contribution in [0.5, 0.6) is 0 Å². The van der Waals surface area contributed by atoms with Crippen LogP contribution in [0.2, 0.25) is 0 Å². The van der Waals surface area contributed by atoms with Gasteiger partial charge in [0.1, 0.15) is 0 Å². The van der Waals surface area contributed by atoms with E-state index in [1.807, 2.05) is 0 Å². The number of hydrogen-bond acceptors (Lipinski definition) is 2. The second-order valence-corrected chi connectivity index (χ2v) is 6.17. The largest absolute Gasteiger partial charge is 0.356 e. The number of carbonyl (C=O) groups is 1. The quantitative estimate of drug-likeness (QED) is 0.807. The Morgan fingerprint density at radius 3 is 2.61 bits per heavy atom. The van der Waals surface area contributed by atoms with E-state index in [1.165, 1.54) is 38.5 Å². The van der Waals surface area contributed by atoms with Gasteiger partial charge in [0, 0.05) is 19.1 Å². The predicted molar refractivity (Wildman–Crippen MR) is 74.4 cm³/mol. The highest BCUT2D eigenvalue weighted by atomic mass is 16.1. The number of rotatable bonds is 4. The molecule has 2 unspecified atom stereocenters. The fourth-order valence-corrected chi connectivity index (χ4v) is 3.24. The van der Waals surface area contributed by atoms with E-state index in [0.29, 0.717) is 6.04 Å². The highest BCUT2D eigenvalue weighted by Crippen LogP contribution is 2.25. The average Bonchev–Trinajstić information content (AvgIpc) is 2.40. The summed E-state index contributed by atoms with van der Waals surface area (Å²) >= 11 is 0. The molecule has 0 bridgehead atoms. The maximum Gasteiger partial charge on any atom is 0.224 e. The highest BCUT2D eigenvalue weighted by molar-refractivity contribution is 5.78. The van der Waals surface area contributed by atoms with Crippen molar-refractivity contribution in [3.8, 4) is 0 Å². The van der Waals surface area contributed by atoms with Crippen molar-refractivity contribution in [2.24, 2.45) is 11.8 Å². The third-order valence-electron chi connectivity index (χ3n) is 4.61. The summed E-state index contributed by atoms with van der Waals surface area (Å²) in [5.74, 6) is 1.33. The zero-order valence-electron chi connectivity index (χ0n) is 11.7. The minimum Gasteiger partial charge on any atom is -0.356 e. The number of amides is 1. The van der Waals surface area contributed by atoms with E-state index in [2.05, 4.69) is 17.6 Å². The van der Waals surface area contributed by atoms with Crippen molar-refractivity contribution >= 4 is 5.91 Å². The Balaban J connectivity index is 1.59. The van der Waals surface area contributed by atoms with Crippen molar-refractivity contribution in [1.82, 2.24) is 10.6 Å². The Labute approximate surface area is 111 Å². The number of carbonyl (C=O) groups excluding carboxylic acids is 1. The molecule has 2 rings (SSSR count). The van der Waals surface area contributed by atoms with Crippen LogP contribution in [0.1, 0.15) is 58.3 Å². The molecule has 1 aliphatic heterocycles. The molecule has 2 aliphatic rings. The van der Waals surface area contributed by atoms with Crippen LogP contribution in [-0.2, 0) is 4.79 Å². The summed E-state index contributed by atoms with van der Waals surface area (Å²) < 4.78 is 0. The fraction of sp³-hybridized carbons (Fsp3) is 0.933. The third kappa shape index (κ3) is 4.27. The Kier molecular flexibility index (Phi) is 5.48. The van der Waals surface area contributed by atoms with Crippen LogP contribution in [0.15, 0.2) is 0 Å². The molecule has 3 heteroatoms. The molecule has 18 heavy (non-hydrogen) atoms. The van der Waals surface area contributed by atoms with Gasteiger partial charge in [-0.2, -0.15) is 0 Å². The van der Waals surface area contributed by atoms with Crippen molar-refractivity contribution < 1.29 is 4.79 Å². The molecule has 104 valence electrons. The molecule has 0 aromatic heterocycles. The van der Waals surface area contributed by atoms with E-state index in [4.69, 9.17) is 0 Å². The SMILES string of the molecule is CC1CCC(C(=O)NCCC2CCCCC2)CN1. The lowest BCUT2D eigenvalue weighted by Crippen LogP contribution is -2.44. The van der Waals surface area contributed by atoms with Gasteiger partial charge in [0.2, 0.25) is 5.91 Å². The van der Waals surface area contributed by atoms with Crippen LogP contribution < -0.4 is 10.6 Å². The Hall–Kier alpha value is -0.570. The van der Waals surface area contributed by atoms with E-state index in [-0.39, 0.29) is 11.8 Å². The van der Waals surface area contributed by atoms with Gasteiger partial charge in [-0.25, -0.2) is 0 Å². The van der Waals surface area contributed by atoms with Crippen LogP contribution in [0, 0.1) is 11.8 Å². The first-order valence-corrected chi connectivity index (χ1v) is 7.77. The van der Waals surface area contributed by atoms with E-state index in [0.717, 1.165) is 31.8 Å². The lowest BCUT2D eigenvalue weighted by atomic mass is 9.87. The van der Waals surface area contributed by atoms with Crippen molar-refractivity contribution in [2.75, 3.05) is 13.1 Å². The standard InChI is InChI=1S/C15H28N2O/c1-12-7-8-14(11-17-12)15(18)16-10-9-13-5-3-2-4-6-13/h12-14,17H,2-11H2,1H3,(H,16,18). The summed E-state index contributed by atoms with van der Waals surface area (Å²) in [5.41, 5.74) is 0. The smallest absolute Gasteiger partial charge is 0.224 e. The minimum absolute atomic E-state index is 0.201. The average molecular weight is 252 g/mol. The molecule has 0 radical (unpaired) electrons. The second kappa shape index (κ2) is 7.13. The molecule has 1 saturated heterocycles. The minimum atomic E-state index is 0.201. The third-order valence-corrected chi connectivity index (χ3v) is 4.61. The summed E-state index contributed by atoms with van der Waals surface area (Å²) in [6.07, 6.45) is 10.3. The molecule has 0 aromatic carbocycles. The van der Waals surface area contributed by atoms with Gasteiger partial charge >= 0.3 is 0 Å². The fourth-order valence-electron chi connectivity index (χ4n) is 3.24. The topological polar surface area (TPSA) is 41.1 Å². The number of nitrogens with one attached hydrogen (secondary N) is 2. The summed E-state index contributed by atoms with van der Waals surface area (Å²) in [7, 11) is 0. The van der Waals surface area contributed by atoms with Crippen molar-refractivity contribution in [2.45, 2.75) is 64.3 Å². The Morgan fingerprint density at radius 1 is 1.17 bits per heavy atom. The van der Waals surface area contributed by atoms with Crippen LogP contribution in [0.3, 0.4) is 0 Å². The maximum absolute atomic E-state index is 12.0. The Bertz CT molecular complexity index is 253. The zero-order chi connectivity index (χ0) is 12.8. The van der Waals surface area contributed by atoms with Crippen molar-refractivity contribution in [3.05, 3.63) is 0 Å². The monoisotopic (exact) mass is 252 g/mol. The van der Waals surface area contributed by atoms with Gasteiger partial charge in [-0.15, -0.1) is 0 Å². The van der Waals surface area contributed by atoms with E-state index < -0.39 is 0 Å². The summed E-state index contributed by atoms with van der Waals surface area (Å²) in [6, 6.07) is 0.580. The predicted octanol–water partition coefficient (Wildman–Crippen LogP) is 2.46. The molecular weight excluding hydrogens is 224 g/mol. The number of piperidine rings is 1. The van der Waals surface area contributed by atoms with E-state index in [9.17, 15) is 4.79 Å². The lowest BCUT2D eigenvalue weighted by molar-refractivity contribution is -0.125. The lowest BCUT2D eigenvalue weighted by Gasteiger charge is -2.27. The normalized spacial score (nSPS) is 30.1. The number of hydrogen-bond donors (Lipinski definition) is 2. The van der Waals surface area contributed by atoms with Crippen LogP contribution in [0.25, 0.3) is 0 Å². The molecule has 1 amide bonds. The first kappa shape index (κ1) is 13.9. The second-order valence-electron chi connectivity index (χ2n) is 6.17. The van der Waals surface area contributed by atoms with Gasteiger partial charge in [-0.05, 0) is 32.1 Å². The van der Waals surface area contributed by atoms with Crippen LogP contribution >= 0.6 is 0 Å². The Morgan fingerprint density at radius 2 is 1.94 bits per heavy atom. The maximum atomic E-state index is 12.0. The highest BCUT2D eigenvalue weighted by Gasteiger charge is 2.23. The van der Waals surface area contributed by atoms with Gasteiger partial charge in [0.05, 0.1) is 5.92 Å². The van der Waals surface area contributed by atoms with Gasteiger partial charge in [-0.1, -0.05) is 32.1 Å². The summed E-state index contributed by atoms with van der Waals surface area (Å²) in [5, 5.41) is 6.53. The first-order chi connectivity index (χ1) is 8.75. The molecule has 1 saturated carbocycles. The summed E-state index contributed by atoms with van der Waals surface area (Å²) in [6.45, 7) is 3.93. The summed E-state index contributed by atoms with van der Waals surface area (Å²) in [4.78, 5) is 12.0. The van der Waals surface area contributed by atoms with Gasteiger partial charge in [0.25, 0.3) is 0 Å². The molecule has 2 atom stereocenters. The zero-order valence-corrected chi connectivity index (χ0v) is 11.7. The molecule has 0 aromatic rings. The molecule has 1 heterocycles. The molecule has 3 nitrogen and oxygen atoms in total.